The summed E-state index contributed by atoms with van der Waals surface area (Å²) in [6, 6.07) is 15.6. The number of carbonyl (C=O) groups excluding carboxylic acids is 1. The summed E-state index contributed by atoms with van der Waals surface area (Å²) < 4.78 is 13.0. The van der Waals surface area contributed by atoms with Crippen LogP contribution in [0.5, 0.6) is 5.75 Å². The third-order valence-corrected chi connectivity index (χ3v) is 5.80. The molecule has 2 heterocycles. The number of hydrogen-bond donors (Lipinski definition) is 0. The Morgan fingerprint density at radius 1 is 1.06 bits per heavy atom. The molecule has 4 rings (SSSR count). The van der Waals surface area contributed by atoms with Gasteiger partial charge in [-0.05, 0) is 49.4 Å². The third-order valence-electron chi connectivity index (χ3n) is 5.80. The summed E-state index contributed by atoms with van der Waals surface area (Å²) in [5.41, 5.74) is 4.15. The number of para-hydroxylation sites is 1. The van der Waals surface area contributed by atoms with Gasteiger partial charge in [-0.15, -0.1) is 12.4 Å². The molecule has 0 saturated carbocycles. The van der Waals surface area contributed by atoms with Gasteiger partial charge in [0.05, 0.1) is 20.3 Å². The van der Waals surface area contributed by atoms with E-state index in [4.69, 9.17) is 9.47 Å². The van der Waals surface area contributed by atoms with Crippen LogP contribution in [0.3, 0.4) is 0 Å². The monoisotopic (exact) mass is 440 g/mol. The van der Waals surface area contributed by atoms with Crippen LogP contribution in [0.25, 0.3) is 17.0 Å². The smallest absolute Gasteiger partial charge is 0.185 e. The average Bonchev–Trinajstić information content (AvgIpc) is 3.07. The maximum atomic E-state index is 12.7. The van der Waals surface area contributed by atoms with Crippen molar-refractivity contribution >= 4 is 35.2 Å². The molecule has 0 spiro atoms. The fraction of sp³-hybridized carbons (Fsp3) is 0.320. The highest BCUT2D eigenvalue weighted by molar-refractivity contribution is 6.08. The molecule has 0 bridgehead atoms. The summed E-state index contributed by atoms with van der Waals surface area (Å²) in [7, 11) is 1.62. The first-order chi connectivity index (χ1) is 14.7. The van der Waals surface area contributed by atoms with Crippen molar-refractivity contribution in [3.8, 4) is 5.75 Å². The lowest BCUT2D eigenvalue weighted by atomic mass is 10.1. The zero-order valence-corrected chi connectivity index (χ0v) is 18.9. The highest BCUT2D eigenvalue weighted by Crippen LogP contribution is 2.27. The number of allylic oxidation sites excluding steroid dienone is 1. The number of halogens is 1. The number of hydrogen-bond acceptors (Lipinski definition) is 4. The molecule has 1 saturated heterocycles. The number of ether oxygens (including phenoxy) is 2. The van der Waals surface area contributed by atoms with Gasteiger partial charge in [0.2, 0.25) is 0 Å². The highest BCUT2D eigenvalue weighted by Gasteiger charge is 2.15. The van der Waals surface area contributed by atoms with E-state index in [1.165, 1.54) is 16.6 Å². The van der Waals surface area contributed by atoms with Crippen molar-refractivity contribution in [1.29, 1.82) is 0 Å². The topological polar surface area (TPSA) is 43.7 Å². The van der Waals surface area contributed by atoms with Crippen LogP contribution in [0.15, 0.2) is 54.6 Å². The second-order valence-corrected chi connectivity index (χ2v) is 7.55. The molecule has 3 aromatic rings. The Labute approximate surface area is 189 Å². The van der Waals surface area contributed by atoms with E-state index >= 15 is 0 Å². The van der Waals surface area contributed by atoms with Gasteiger partial charge in [-0.3, -0.25) is 9.69 Å². The van der Waals surface area contributed by atoms with E-state index in [0.717, 1.165) is 50.7 Å². The van der Waals surface area contributed by atoms with E-state index in [9.17, 15) is 4.79 Å². The summed E-state index contributed by atoms with van der Waals surface area (Å²) in [4.78, 5) is 15.1. The molecule has 31 heavy (non-hydrogen) atoms. The van der Waals surface area contributed by atoms with Gasteiger partial charge in [0.1, 0.15) is 5.75 Å². The van der Waals surface area contributed by atoms with Crippen LogP contribution in [-0.2, 0) is 11.3 Å². The van der Waals surface area contributed by atoms with Crippen LogP contribution in [0, 0.1) is 6.92 Å². The molecule has 1 aliphatic rings. The van der Waals surface area contributed by atoms with Gasteiger partial charge >= 0.3 is 0 Å². The van der Waals surface area contributed by atoms with Crippen molar-refractivity contribution < 1.29 is 14.3 Å². The van der Waals surface area contributed by atoms with Crippen LogP contribution in [0.2, 0.25) is 0 Å². The third kappa shape index (κ3) is 5.18. The number of rotatable bonds is 7. The number of morpholine rings is 1. The normalized spacial score (nSPS) is 14.6. The zero-order chi connectivity index (χ0) is 20.9. The lowest BCUT2D eigenvalue weighted by Crippen LogP contribution is -2.38. The predicted molar refractivity (Wildman–Crippen MR) is 128 cm³/mol. The molecule has 5 nitrogen and oxygen atoms in total. The number of aromatic nitrogens is 1. The molecular weight excluding hydrogens is 412 g/mol. The van der Waals surface area contributed by atoms with E-state index in [1.807, 2.05) is 18.2 Å². The first-order valence-electron chi connectivity index (χ1n) is 10.4. The number of methoxy groups -OCH3 is 1. The molecule has 1 aromatic heterocycles. The number of carbonyl (C=O) groups is 1. The molecule has 0 aliphatic carbocycles. The van der Waals surface area contributed by atoms with Crippen LogP contribution in [0.4, 0.5) is 0 Å². The van der Waals surface area contributed by atoms with E-state index in [2.05, 4.69) is 40.7 Å². The SMILES string of the molecule is COc1ccc(C(=O)/C=C/c2c(C)n(CCN3CCOCC3)c3ccccc23)cc1.Cl. The predicted octanol–water partition coefficient (Wildman–Crippen LogP) is 4.61. The minimum atomic E-state index is -0.0119. The zero-order valence-electron chi connectivity index (χ0n) is 18.0. The van der Waals surface area contributed by atoms with E-state index in [0.29, 0.717) is 5.56 Å². The average molecular weight is 441 g/mol. The second kappa shape index (κ2) is 10.6. The van der Waals surface area contributed by atoms with Gasteiger partial charge in [-0.25, -0.2) is 0 Å². The van der Waals surface area contributed by atoms with Crippen LogP contribution >= 0.6 is 12.4 Å². The van der Waals surface area contributed by atoms with Gasteiger partial charge in [0.25, 0.3) is 0 Å². The lowest BCUT2D eigenvalue weighted by Gasteiger charge is -2.27. The number of fused-ring (bicyclic) bond motifs is 1. The first kappa shape index (κ1) is 23.1. The summed E-state index contributed by atoms with van der Waals surface area (Å²) >= 11 is 0. The highest BCUT2D eigenvalue weighted by atomic mass is 35.5. The molecule has 0 amide bonds. The summed E-state index contributed by atoms with van der Waals surface area (Å²) in [5.74, 6) is 0.733. The Hall–Kier alpha value is -2.60. The number of nitrogens with zero attached hydrogens (tertiary/aromatic N) is 2. The molecule has 0 radical (unpaired) electrons. The van der Waals surface area contributed by atoms with Gasteiger partial charge in [0, 0.05) is 53.9 Å². The van der Waals surface area contributed by atoms with E-state index in [1.54, 1.807) is 25.3 Å². The maximum absolute atomic E-state index is 12.7. The van der Waals surface area contributed by atoms with Crippen molar-refractivity contribution in [2.45, 2.75) is 13.5 Å². The Bertz CT molecular complexity index is 1050. The maximum Gasteiger partial charge on any atom is 0.185 e. The van der Waals surface area contributed by atoms with E-state index in [-0.39, 0.29) is 18.2 Å². The van der Waals surface area contributed by atoms with Crippen molar-refractivity contribution in [1.82, 2.24) is 9.47 Å². The van der Waals surface area contributed by atoms with Crippen molar-refractivity contribution in [3.05, 3.63) is 71.4 Å². The summed E-state index contributed by atoms with van der Waals surface area (Å²) in [5, 5.41) is 1.18. The first-order valence-corrected chi connectivity index (χ1v) is 10.4. The molecule has 6 heteroatoms. The van der Waals surface area contributed by atoms with Gasteiger partial charge in [-0.2, -0.15) is 0 Å². The summed E-state index contributed by atoms with van der Waals surface area (Å²) in [6.07, 6.45) is 3.62. The Morgan fingerprint density at radius 2 is 1.77 bits per heavy atom. The fourth-order valence-corrected chi connectivity index (χ4v) is 4.03. The van der Waals surface area contributed by atoms with E-state index < -0.39 is 0 Å². The molecule has 2 aromatic carbocycles. The van der Waals surface area contributed by atoms with Crippen molar-refractivity contribution in [3.63, 3.8) is 0 Å². The lowest BCUT2D eigenvalue weighted by molar-refractivity contribution is 0.0365. The molecule has 0 atom stereocenters. The standard InChI is InChI=1S/C25H28N2O3.ClH/c1-19-22(11-12-25(28)20-7-9-21(29-2)10-8-20)23-5-3-4-6-24(23)27(19)14-13-26-15-17-30-18-16-26;/h3-12H,13-18H2,1-2H3;1H/b12-11+;. The molecule has 1 aliphatic heterocycles. The molecule has 1 fully saturated rings. The van der Waals surface area contributed by atoms with Crippen LogP contribution in [0.1, 0.15) is 21.6 Å². The van der Waals surface area contributed by atoms with Crippen LogP contribution in [-0.4, -0.2) is 55.2 Å². The fourth-order valence-electron chi connectivity index (χ4n) is 4.03. The molecule has 0 N–H and O–H groups in total. The quantitative estimate of drug-likeness (QED) is 0.397. The molecule has 0 unspecified atom stereocenters. The number of ketones is 1. The minimum absolute atomic E-state index is 0. The minimum Gasteiger partial charge on any atom is -0.497 e. The Morgan fingerprint density at radius 3 is 2.48 bits per heavy atom. The molecular formula is C25H29ClN2O3. The largest absolute Gasteiger partial charge is 0.497 e. The van der Waals surface area contributed by atoms with Gasteiger partial charge in [0.15, 0.2) is 5.78 Å². The van der Waals surface area contributed by atoms with Gasteiger partial charge < -0.3 is 14.0 Å². The second-order valence-electron chi connectivity index (χ2n) is 7.55. The van der Waals surface area contributed by atoms with Crippen molar-refractivity contribution in [2.75, 3.05) is 40.0 Å². The van der Waals surface area contributed by atoms with Crippen molar-refractivity contribution in [2.24, 2.45) is 0 Å². The Kier molecular flexibility index (Phi) is 7.91. The molecule has 164 valence electrons. The summed E-state index contributed by atoms with van der Waals surface area (Å²) in [6.45, 7) is 7.66. The van der Waals surface area contributed by atoms with Gasteiger partial charge in [-0.1, -0.05) is 18.2 Å². The Balaban J connectivity index is 0.00000272. The van der Waals surface area contributed by atoms with Crippen LogP contribution < -0.4 is 4.74 Å². The number of benzene rings is 2.